The highest BCUT2D eigenvalue weighted by atomic mass is 16.5. The molecular formula is C28H34N4O3. The second-order valence-corrected chi connectivity index (χ2v) is 9.33. The van der Waals surface area contributed by atoms with E-state index in [0.717, 1.165) is 45.3 Å². The van der Waals surface area contributed by atoms with Crippen LogP contribution in [0.3, 0.4) is 0 Å². The van der Waals surface area contributed by atoms with Crippen molar-refractivity contribution < 1.29 is 9.53 Å². The van der Waals surface area contributed by atoms with Crippen LogP contribution in [0.25, 0.3) is 16.5 Å². The van der Waals surface area contributed by atoms with Crippen molar-refractivity contribution in [3.63, 3.8) is 0 Å². The molecule has 7 nitrogen and oxygen atoms in total. The first kappa shape index (κ1) is 24.4. The number of pyridine rings is 1. The number of hydrogen-bond acceptors (Lipinski definition) is 4. The quantitative estimate of drug-likeness (QED) is 0.471. The van der Waals surface area contributed by atoms with Crippen molar-refractivity contribution in [1.29, 1.82) is 0 Å². The number of rotatable bonds is 7. The van der Waals surface area contributed by atoms with E-state index >= 15 is 0 Å². The Hall–Kier alpha value is -3.74. The number of nitrogens with zero attached hydrogens (tertiary/aromatic N) is 1. The molecule has 4 rings (SSSR count). The second kappa shape index (κ2) is 9.86. The molecule has 0 radical (unpaired) electrons. The number of dihydropyridines is 1. The summed E-state index contributed by atoms with van der Waals surface area (Å²) in [5, 5.41) is 7.21. The number of methoxy groups -OCH3 is 1. The summed E-state index contributed by atoms with van der Waals surface area (Å²) < 4.78 is 7.49. The zero-order valence-corrected chi connectivity index (χ0v) is 21.3. The van der Waals surface area contributed by atoms with E-state index in [1.165, 1.54) is 0 Å². The van der Waals surface area contributed by atoms with Gasteiger partial charge in [0.2, 0.25) is 0 Å². The molecule has 2 aromatic heterocycles. The summed E-state index contributed by atoms with van der Waals surface area (Å²) in [6.45, 7) is 11.0. The standard InChI is InChI=1S/C28H34N4O3/c1-7-19-10-18(5)31-28(34)23(19)14-30-27(33)22-11-21(20-8-9-25(35-6)29-13-20)12-24-26(22)17(4)15-32(24)16(2)3/h8-12,15-16,29H,7,13-14H2,1-6H3,(H,30,33)(H,31,34). The summed E-state index contributed by atoms with van der Waals surface area (Å²) in [7, 11) is 1.63. The SMILES string of the molecule is CCc1cc(C)[nH]c(=O)c1CNC(=O)c1cc(C2=CC=C(OC)NC2)cc2c1c(C)cn2C(C)C. The van der Waals surface area contributed by atoms with E-state index in [4.69, 9.17) is 4.74 Å². The third-order valence-electron chi connectivity index (χ3n) is 6.57. The van der Waals surface area contributed by atoms with Gasteiger partial charge in [-0.1, -0.05) is 13.0 Å². The summed E-state index contributed by atoms with van der Waals surface area (Å²) in [6.07, 6.45) is 6.74. The van der Waals surface area contributed by atoms with Crippen LogP contribution in [0, 0.1) is 13.8 Å². The third-order valence-corrected chi connectivity index (χ3v) is 6.57. The number of amides is 1. The van der Waals surface area contributed by atoms with Crippen LogP contribution in [-0.2, 0) is 17.7 Å². The monoisotopic (exact) mass is 474 g/mol. The first-order valence-corrected chi connectivity index (χ1v) is 12.1. The van der Waals surface area contributed by atoms with Gasteiger partial charge in [-0.3, -0.25) is 9.59 Å². The van der Waals surface area contributed by atoms with Crippen LogP contribution in [0.1, 0.15) is 65.1 Å². The smallest absolute Gasteiger partial charge is 0.253 e. The van der Waals surface area contributed by atoms with Crippen LogP contribution in [0.2, 0.25) is 0 Å². The second-order valence-electron chi connectivity index (χ2n) is 9.33. The molecule has 1 aliphatic rings. The Morgan fingerprint density at radius 3 is 2.60 bits per heavy atom. The average Bonchev–Trinajstić information content (AvgIpc) is 3.19. The van der Waals surface area contributed by atoms with Gasteiger partial charge in [0, 0.05) is 53.1 Å². The number of nitrogens with one attached hydrogen (secondary N) is 3. The maximum Gasteiger partial charge on any atom is 0.253 e. The number of H-pyrrole nitrogens is 1. The lowest BCUT2D eigenvalue weighted by molar-refractivity contribution is 0.0952. The molecule has 1 aliphatic heterocycles. The number of allylic oxidation sites excluding steroid dienone is 2. The van der Waals surface area contributed by atoms with Crippen molar-refractivity contribution in [1.82, 2.24) is 20.2 Å². The number of fused-ring (bicyclic) bond motifs is 1. The Morgan fingerprint density at radius 1 is 1.20 bits per heavy atom. The molecule has 0 bridgehead atoms. The van der Waals surface area contributed by atoms with E-state index in [2.05, 4.69) is 46.3 Å². The molecule has 3 heterocycles. The molecule has 0 atom stereocenters. The highest BCUT2D eigenvalue weighted by molar-refractivity contribution is 6.09. The van der Waals surface area contributed by atoms with Gasteiger partial charge >= 0.3 is 0 Å². The molecule has 0 unspecified atom stereocenters. The minimum atomic E-state index is -0.194. The zero-order valence-electron chi connectivity index (χ0n) is 21.3. The van der Waals surface area contributed by atoms with Crippen LogP contribution in [0.15, 0.2) is 47.2 Å². The summed E-state index contributed by atoms with van der Waals surface area (Å²) in [5.74, 6) is 0.519. The molecule has 35 heavy (non-hydrogen) atoms. The molecule has 184 valence electrons. The van der Waals surface area contributed by atoms with E-state index in [0.29, 0.717) is 23.6 Å². The lowest BCUT2D eigenvalue weighted by Crippen LogP contribution is -2.28. The molecular weight excluding hydrogens is 440 g/mol. The van der Waals surface area contributed by atoms with Gasteiger partial charge in [-0.25, -0.2) is 0 Å². The van der Waals surface area contributed by atoms with E-state index in [-0.39, 0.29) is 24.1 Å². The van der Waals surface area contributed by atoms with Crippen molar-refractivity contribution in [2.24, 2.45) is 0 Å². The zero-order chi connectivity index (χ0) is 25.3. The first-order chi connectivity index (χ1) is 16.7. The fourth-order valence-corrected chi connectivity index (χ4v) is 4.75. The Labute approximate surface area is 205 Å². The van der Waals surface area contributed by atoms with Gasteiger partial charge in [0.25, 0.3) is 11.5 Å². The first-order valence-electron chi connectivity index (χ1n) is 12.1. The maximum absolute atomic E-state index is 13.6. The van der Waals surface area contributed by atoms with Crippen molar-refractivity contribution in [2.75, 3.05) is 13.7 Å². The minimum Gasteiger partial charge on any atom is -0.483 e. The molecule has 3 aromatic rings. The Kier molecular flexibility index (Phi) is 6.87. The van der Waals surface area contributed by atoms with Gasteiger partial charge in [-0.05, 0) is 80.7 Å². The number of ether oxygens (including phenoxy) is 1. The Bertz CT molecular complexity index is 1410. The van der Waals surface area contributed by atoms with Gasteiger partial charge in [0.15, 0.2) is 5.88 Å². The van der Waals surface area contributed by atoms with E-state index in [9.17, 15) is 9.59 Å². The Morgan fingerprint density at radius 2 is 1.97 bits per heavy atom. The van der Waals surface area contributed by atoms with E-state index in [1.54, 1.807) is 7.11 Å². The predicted molar refractivity (Wildman–Crippen MR) is 140 cm³/mol. The number of aryl methyl sites for hydroxylation is 3. The number of carbonyl (C=O) groups is 1. The van der Waals surface area contributed by atoms with Crippen LogP contribution >= 0.6 is 0 Å². The predicted octanol–water partition coefficient (Wildman–Crippen LogP) is 4.49. The van der Waals surface area contributed by atoms with Gasteiger partial charge < -0.3 is 24.9 Å². The van der Waals surface area contributed by atoms with Crippen LogP contribution in [0.5, 0.6) is 0 Å². The fourth-order valence-electron chi connectivity index (χ4n) is 4.75. The summed E-state index contributed by atoms with van der Waals surface area (Å²) in [6, 6.07) is 6.32. The maximum atomic E-state index is 13.6. The summed E-state index contributed by atoms with van der Waals surface area (Å²) in [5.41, 5.74) is 6.94. The number of aromatic nitrogens is 2. The number of aromatic amines is 1. The highest BCUT2D eigenvalue weighted by Crippen LogP contribution is 2.32. The number of carbonyl (C=O) groups excluding carboxylic acids is 1. The molecule has 0 fully saturated rings. The van der Waals surface area contributed by atoms with Gasteiger partial charge in [-0.15, -0.1) is 0 Å². The van der Waals surface area contributed by atoms with Crippen molar-refractivity contribution in [2.45, 2.75) is 53.6 Å². The summed E-state index contributed by atoms with van der Waals surface area (Å²) in [4.78, 5) is 29.0. The van der Waals surface area contributed by atoms with Gasteiger partial charge in [-0.2, -0.15) is 0 Å². The summed E-state index contributed by atoms with van der Waals surface area (Å²) >= 11 is 0. The van der Waals surface area contributed by atoms with E-state index < -0.39 is 0 Å². The van der Waals surface area contributed by atoms with Crippen molar-refractivity contribution >= 4 is 22.4 Å². The fraction of sp³-hybridized carbons (Fsp3) is 0.357. The van der Waals surface area contributed by atoms with E-state index in [1.807, 2.05) is 45.1 Å². The van der Waals surface area contributed by atoms with Crippen LogP contribution < -0.4 is 16.2 Å². The number of hydrogen-bond donors (Lipinski definition) is 3. The molecule has 0 saturated heterocycles. The van der Waals surface area contributed by atoms with Crippen LogP contribution in [-0.4, -0.2) is 29.1 Å². The normalized spacial score (nSPS) is 13.5. The van der Waals surface area contributed by atoms with Crippen molar-refractivity contribution in [3.05, 3.63) is 86.3 Å². The third kappa shape index (κ3) is 4.76. The van der Waals surface area contributed by atoms with Gasteiger partial charge in [0.05, 0.1) is 7.11 Å². The molecule has 7 heteroatoms. The largest absolute Gasteiger partial charge is 0.483 e. The van der Waals surface area contributed by atoms with Crippen LogP contribution in [0.4, 0.5) is 0 Å². The van der Waals surface area contributed by atoms with Gasteiger partial charge in [0.1, 0.15) is 0 Å². The average molecular weight is 475 g/mol. The molecule has 1 amide bonds. The van der Waals surface area contributed by atoms with Crippen molar-refractivity contribution in [3.8, 4) is 0 Å². The highest BCUT2D eigenvalue weighted by Gasteiger charge is 2.20. The molecule has 0 spiro atoms. The lowest BCUT2D eigenvalue weighted by Gasteiger charge is -2.18. The topological polar surface area (TPSA) is 88.2 Å². The molecule has 0 aliphatic carbocycles. The number of benzene rings is 1. The lowest BCUT2D eigenvalue weighted by atomic mass is 9.96. The minimum absolute atomic E-state index is 0.151. The molecule has 0 saturated carbocycles. The molecule has 3 N–H and O–H groups in total. The Balaban J connectivity index is 1.78. The molecule has 1 aromatic carbocycles.